The van der Waals surface area contributed by atoms with Gasteiger partial charge in [0.1, 0.15) is 11.8 Å². The van der Waals surface area contributed by atoms with Gasteiger partial charge in [0, 0.05) is 43.9 Å². The molecule has 0 aliphatic carbocycles. The molecule has 0 radical (unpaired) electrons. The first-order chi connectivity index (χ1) is 15.8. The largest absolute Gasteiger partial charge is 0.368 e. The van der Waals surface area contributed by atoms with Gasteiger partial charge in [-0.1, -0.05) is 35.1 Å². The third-order valence-electron chi connectivity index (χ3n) is 6.04. The Hall–Kier alpha value is -2.65. The van der Waals surface area contributed by atoms with Crippen LogP contribution >= 0.6 is 11.3 Å². The molecule has 4 heterocycles. The number of carbonyl (C=O) groups is 1. The fraction of sp³-hybridized carbons (Fsp3) is 0.542. The lowest BCUT2D eigenvalue weighted by Gasteiger charge is -2.35. The third kappa shape index (κ3) is 4.56. The Kier molecular flexibility index (Phi) is 5.78. The number of anilines is 2. The molecule has 0 spiro atoms. The number of carbonyl (C=O) groups excluding carboxylic acids is 1. The number of hydrogen-bond donors (Lipinski definition) is 1. The van der Waals surface area contributed by atoms with Gasteiger partial charge in [0.15, 0.2) is 5.82 Å². The smallest absolute Gasteiger partial charge is 0.251 e. The molecule has 1 amide bonds. The first-order valence-corrected chi connectivity index (χ1v) is 12.5. The minimum Gasteiger partial charge on any atom is -0.368 e. The summed E-state index contributed by atoms with van der Waals surface area (Å²) in [6.07, 6.45) is 1.58. The monoisotopic (exact) mass is 468 g/mol. The Morgan fingerprint density at radius 3 is 2.67 bits per heavy atom. The van der Waals surface area contributed by atoms with Gasteiger partial charge in [-0.15, -0.1) is 5.10 Å². The van der Waals surface area contributed by atoms with Gasteiger partial charge in [0.05, 0.1) is 0 Å². The second kappa shape index (κ2) is 8.61. The van der Waals surface area contributed by atoms with Gasteiger partial charge in [-0.2, -0.15) is 4.52 Å². The van der Waals surface area contributed by atoms with Crippen molar-refractivity contribution in [3.63, 3.8) is 0 Å². The van der Waals surface area contributed by atoms with Crippen LogP contribution in [-0.2, 0) is 9.53 Å². The molecule has 2 saturated heterocycles. The van der Waals surface area contributed by atoms with Crippen LogP contribution in [0.15, 0.2) is 24.3 Å². The maximum absolute atomic E-state index is 12.7. The average Bonchev–Trinajstić information content (AvgIpc) is 3.50. The molecule has 2 aliphatic rings. The maximum atomic E-state index is 12.7. The Morgan fingerprint density at radius 1 is 1.21 bits per heavy atom. The number of piperazine rings is 1. The molecule has 0 unspecified atom stereocenters. The molecule has 2 aromatic heterocycles. The summed E-state index contributed by atoms with van der Waals surface area (Å²) in [5.74, 6) is 1.05. The van der Waals surface area contributed by atoms with Crippen LogP contribution in [0, 0.1) is 6.92 Å². The molecule has 0 bridgehead atoms. The van der Waals surface area contributed by atoms with E-state index in [1.165, 1.54) is 5.56 Å². The highest BCUT2D eigenvalue weighted by molar-refractivity contribution is 7.20. The summed E-state index contributed by atoms with van der Waals surface area (Å²) in [7, 11) is 0. The highest BCUT2D eigenvalue weighted by Crippen LogP contribution is 2.35. The lowest BCUT2D eigenvalue weighted by molar-refractivity contribution is -0.141. The minimum atomic E-state index is -0.245. The van der Waals surface area contributed by atoms with E-state index in [9.17, 15) is 4.79 Å². The Balaban J connectivity index is 1.39. The second-order valence-corrected chi connectivity index (χ2v) is 10.9. The van der Waals surface area contributed by atoms with Crippen molar-refractivity contribution in [2.24, 2.45) is 0 Å². The summed E-state index contributed by atoms with van der Waals surface area (Å²) in [6, 6.07) is 8.41. The Morgan fingerprint density at radius 2 is 2.00 bits per heavy atom. The molecule has 9 heteroatoms. The molecule has 1 atom stereocenters. The van der Waals surface area contributed by atoms with Crippen LogP contribution in [0.25, 0.3) is 16.2 Å². The number of aromatic nitrogens is 3. The fourth-order valence-electron chi connectivity index (χ4n) is 4.42. The number of fused-ring (bicyclic) bond motifs is 1. The van der Waals surface area contributed by atoms with Crippen LogP contribution < -0.4 is 10.2 Å². The molecule has 8 nitrogen and oxygen atoms in total. The summed E-state index contributed by atoms with van der Waals surface area (Å²) in [5.41, 5.74) is 3.08. The zero-order valence-electron chi connectivity index (χ0n) is 19.8. The highest BCUT2D eigenvalue weighted by atomic mass is 32.1. The van der Waals surface area contributed by atoms with Gasteiger partial charge in [-0.25, -0.2) is 4.98 Å². The van der Waals surface area contributed by atoms with Crippen molar-refractivity contribution in [3.8, 4) is 11.3 Å². The predicted octanol–water partition coefficient (Wildman–Crippen LogP) is 3.80. The molecular formula is C24H32N6O2S. The van der Waals surface area contributed by atoms with E-state index in [0.717, 1.165) is 53.1 Å². The molecule has 2 aliphatic heterocycles. The standard InChI is InChI=1S/C24H32N6O2S/c1-16-7-5-8-17(15-16)19-20(26-24(2,3)4)30-22(25-19)33-23(27-30)29-12-10-28(11-13-29)21(31)18-9-6-14-32-18/h5,7-8,15,18,26H,6,9-14H2,1-4H3/t18-/m1/s1. The van der Waals surface area contributed by atoms with Crippen molar-refractivity contribution >= 4 is 33.2 Å². The van der Waals surface area contributed by atoms with Crippen LogP contribution in [0.4, 0.5) is 10.9 Å². The van der Waals surface area contributed by atoms with Crippen molar-refractivity contribution in [3.05, 3.63) is 29.8 Å². The van der Waals surface area contributed by atoms with Crippen molar-refractivity contribution in [2.45, 2.75) is 52.2 Å². The van der Waals surface area contributed by atoms with E-state index >= 15 is 0 Å². The lowest BCUT2D eigenvalue weighted by Crippen LogP contribution is -2.51. The molecule has 33 heavy (non-hydrogen) atoms. The van der Waals surface area contributed by atoms with E-state index in [1.807, 2.05) is 9.42 Å². The SMILES string of the molecule is Cc1cccc(-c2nc3sc(N4CCN(C(=O)[C@H]5CCCO5)CC4)nn3c2NC(C)(C)C)c1. The van der Waals surface area contributed by atoms with E-state index in [2.05, 4.69) is 62.2 Å². The molecule has 2 fully saturated rings. The summed E-state index contributed by atoms with van der Waals surface area (Å²) >= 11 is 1.60. The normalized spacial score (nSPS) is 19.5. The zero-order chi connectivity index (χ0) is 23.2. The molecular weight excluding hydrogens is 436 g/mol. The van der Waals surface area contributed by atoms with Gasteiger partial charge in [0.2, 0.25) is 10.1 Å². The molecule has 1 aromatic carbocycles. The van der Waals surface area contributed by atoms with Crippen molar-refractivity contribution in [1.29, 1.82) is 0 Å². The van der Waals surface area contributed by atoms with Crippen molar-refractivity contribution in [1.82, 2.24) is 19.5 Å². The van der Waals surface area contributed by atoms with Gasteiger partial charge < -0.3 is 19.9 Å². The molecule has 176 valence electrons. The minimum absolute atomic E-state index is 0.132. The first-order valence-electron chi connectivity index (χ1n) is 11.7. The van der Waals surface area contributed by atoms with Crippen LogP contribution in [-0.4, -0.2) is 69.8 Å². The summed E-state index contributed by atoms with van der Waals surface area (Å²) < 4.78 is 7.52. The van der Waals surface area contributed by atoms with Gasteiger partial charge in [-0.3, -0.25) is 4.79 Å². The average molecular weight is 469 g/mol. The fourth-order valence-corrected chi connectivity index (χ4v) is 5.37. The van der Waals surface area contributed by atoms with E-state index in [0.29, 0.717) is 19.7 Å². The van der Waals surface area contributed by atoms with Crippen LogP contribution in [0.1, 0.15) is 39.2 Å². The summed E-state index contributed by atoms with van der Waals surface area (Å²) in [4.78, 5) is 22.7. The van der Waals surface area contributed by atoms with Gasteiger partial charge >= 0.3 is 0 Å². The molecule has 5 rings (SSSR count). The number of imidazole rings is 1. The van der Waals surface area contributed by atoms with Crippen LogP contribution in [0.5, 0.6) is 0 Å². The predicted molar refractivity (Wildman–Crippen MR) is 132 cm³/mol. The van der Waals surface area contributed by atoms with Gasteiger partial charge in [0.25, 0.3) is 5.91 Å². The molecule has 1 N–H and O–H groups in total. The van der Waals surface area contributed by atoms with E-state index in [4.69, 9.17) is 14.8 Å². The quantitative estimate of drug-likeness (QED) is 0.628. The van der Waals surface area contributed by atoms with Crippen molar-refractivity contribution < 1.29 is 9.53 Å². The number of rotatable bonds is 4. The first kappa shape index (κ1) is 22.2. The van der Waals surface area contributed by atoms with E-state index in [-0.39, 0.29) is 17.6 Å². The second-order valence-electron chi connectivity index (χ2n) is 9.95. The summed E-state index contributed by atoms with van der Waals surface area (Å²) in [6.45, 7) is 12.1. The van der Waals surface area contributed by atoms with E-state index in [1.54, 1.807) is 11.3 Å². The number of nitrogens with one attached hydrogen (secondary N) is 1. The maximum Gasteiger partial charge on any atom is 0.251 e. The molecule has 0 saturated carbocycles. The molecule has 3 aromatic rings. The number of ether oxygens (including phenoxy) is 1. The Bertz CT molecular complexity index is 1150. The van der Waals surface area contributed by atoms with Gasteiger partial charge in [-0.05, 0) is 46.6 Å². The topological polar surface area (TPSA) is 75.0 Å². The Labute approximate surface area is 198 Å². The van der Waals surface area contributed by atoms with Crippen molar-refractivity contribution in [2.75, 3.05) is 43.0 Å². The number of nitrogens with zero attached hydrogens (tertiary/aromatic N) is 5. The summed E-state index contributed by atoms with van der Waals surface area (Å²) in [5, 5.41) is 9.50. The number of hydrogen-bond acceptors (Lipinski definition) is 7. The zero-order valence-corrected chi connectivity index (χ0v) is 20.6. The number of aryl methyl sites for hydroxylation is 1. The lowest BCUT2D eigenvalue weighted by atomic mass is 10.1. The highest BCUT2D eigenvalue weighted by Gasteiger charge is 2.31. The van der Waals surface area contributed by atoms with E-state index < -0.39 is 0 Å². The van der Waals surface area contributed by atoms with Crippen LogP contribution in [0.2, 0.25) is 0 Å². The number of amides is 1. The number of benzene rings is 1. The third-order valence-corrected chi connectivity index (χ3v) is 7.01. The van der Waals surface area contributed by atoms with Crippen LogP contribution in [0.3, 0.4) is 0 Å².